The minimum atomic E-state index is 0.238. The molecule has 0 amide bonds. The molecule has 166 valence electrons. The topological polar surface area (TPSA) is 56.7 Å². The van der Waals surface area contributed by atoms with Crippen LogP contribution in [-0.2, 0) is 22.3 Å². The van der Waals surface area contributed by atoms with E-state index in [1.54, 1.807) is 0 Å². The van der Waals surface area contributed by atoms with Crippen LogP contribution < -0.4 is 9.47 Å². The Bertz CT molecular complexity index is 963. The molecule has 5 heteroatoms. The van der Waals surface area contributed by atoms with Crippen LogP contribution in [0.4, 0.5) is 0 Å². The van der Waals surface area contributed by atoms with Gasteiger partial charge in [0, 0.05) is 10.8 Å². The van der Waals surface area contributed by atoms with Crippen LogP contribution in [0, 0.1) is 0 Å². The number of rotatable bonds is 12. The van der Waals surface area contributed by atoms with Crippen LogP contribution in [0.25, 0.3) is 21.9 Å². The standard InChI is InChI=1S/C26H32O5/c1-3-5-7-17-9-25-21(11-23(17)29-15-19-13-27-19)22-12-24(30-16-20-14-28-20)18(8-6-4-2)10-26(22)31-25/h9-12,19-20H,3-8,13-16H2,1-2H3. The molecule has 5 nitrogen and oxygen atoms in total. The second kappa shape index (κ2) is 9.09. The van der Waals surface area contributed by atoms with E-state index in [-0.39, 0.29) is 12.2 Å². The number of fused-ring (bicyclic) bond motifs is 3. The van der Waals surface area contributed by atoms with Crippen LogP contribution in [0.1, 0.15) is 50.7 Å². The third kappa shape index (κ3) is 4.83. The fraction of sp³-hybridized carbons (Fsp3) is 0.538. The number of unbranched alkanes of at least 4 members (excludes halogenated alkanes) is 2. The Kier molecular flexibility index (Phi) is 6.06. The molecule has 3 aromatic rings. The summed E-state index contributed by atoms with van der Waals surface area (Å²) in [5.74, 6) is 1.89. The van der Waals surface area contributed by atoms with E-state index in [0.29, 0.717) is 13.2 Å². The maximum atomic E-state index is 6.32. The molecule has 3 heterocycles. The second-order valence-electron chi connectivity index (χ2n) is 8.75. The Morgan fingerprint density at radius 2 is 1.19 bits per heavy atom. The van der Waals surface area contributed by atoms with Gasteiger partial charge in [0.05, 0.1) is 13.2 Å². The van der Waals surface area contributed by atoms with Gasteiger partial charge in [0.15, 0.2) is 0 Å². The predicted molar refractivity (Wildman–Crippen MR) is 121 cm³/mol. The molecule has 0 radical (unpaired) electrons. The van der Waals surface area contributed by atoms with Crippen LogP contribution in [0.2, 0.25) is 0 Å². The van der Waals surface area contributed by atoms with Crippen LogP contribution in [-0.4, -0.2) is 38.6 Å². The number of epoxide rings is 2. The van der Waals surface area contributed by atoms with E-state index >= 15 is 0 Å². The zero-order valence-electron chi connectivity index (χ0n) is 18.6. The maximum absolute atomic E-state index is 6.32. The van der Waals surface area contributed by atoms with Gasteiger partial charge in [-0.2, -0.15) is 0 Å². The molecule has 5 rings (SSSR count). The molecule has 0 spiro atoms. The Labute approximate surface area is 183 Å². The quantitative estimate of drug-likeness (QED) is 0.343. The minimum absolute atomic E-state index is 0.238. The molecule has 0 aliphatic carbocycles. The summed E-state index contributed by atoms with van der Waals surface area (Å²) >= 11 is 0. The molecule has 2 saturated heterocycles. The van der Waals surface area contributed by atoms with Crippen molar-refractivity contribution >= 4 is 21.9 Å². The summed E-state index contributed by atoms with van der Waals surface area (Å²) in [6, 6.07) is 8.62. The first-order valence-electron chi connectivity index (χ1n) is 11.8. The van der Waals surface area contributed by atoms with Crippen molar-refractivity contribution in [3.8, 4) is 11.5 Å². The molecule has 31 heavy (non-hydrogen) atoms. The van der Waals surface area contributed by atoms with Gasteiger partial charge in [0.25, 0.3) is 0 Å². The van der Waals surface area contributed by atoms with E-state index in [0.717, 1.165) is 85.2 Å². The van der Waals surface area contributed by atoms with Crippen LogP contribution in [0.5, 0.6) is 11.5 Å². The highest BCUT2D eigenvalue weighted by Gasteiger charge is 2.25. The molecule has 0 N–H and O–H groups in total. The normalized spacial score (nSPS) is 19.8. The molecule has 2 aliphatic heterocycles. The van der Waals surface area contributed by atoms with Gasteiger partial charge < -0.3 is 23.4 Å². The van der Waals surface area contributed by atoms with E-state index in [1.807, 2.05) is 0 Å². The number of benzene rings is 2. The van der Waals surface area contributed by atoms with Crippen LogP contribution in [0.3, 0.4) is 0 Å². The molecule has 0 saturated carbocycles. The number of furan rings is 1. The van der Waals surface area contributed by atoms with Gasteiger partial charge in [-0.15, -0.1) is 0 Å². The monoisotopic (exact) mass is 424 g/mol. The van der Waals surface area contributed by atoms with E-state index in [9.17, 15) is 0 Å². The zero-order valence-corrected chi connectivity index (χ0v) is 18.6. The van der Waals surface area contributed by atoms with Crippen molar-refractivity contribution < 1.29 is 23.4 Å². The van der Waals surface area contributed by atoms with Gasteiger partial charge in [-0.3, -0.25) is 0 Å². The van der Waals surface area contributed by atoms with E-state index < -0.39 is 0 Å². The van der Waals surface area contributed by atoms with Crippen molar-refractivity contribution in [1.82, 2.24) is 0 Å². The fourth-order valence-electron chi connectivity index (χ4n) is 4.00. The van der Waals surface area contributed by atoms with Gasteiger partial charge >= 0.3 is 0 Å². The van der Waals surface area contributed by atoms with E-state index in [4.69, 9.17) is 23.4 Å². The highest BCUT2D eigenvalue weighted by molar-refractivity contribution is 6.06. The maximum Gasteiger partial charge on any atom is 0.135 e. The highest BCUT2D eigenvalue weighted by atomic mass is 16.6. The molecule has 2 aliphatic rings. The Hall–Kier alpha value is -2.24. The van der Waals surface area contributed by atoms with E-state index in [2.05, 4.69) is 38.1 Å². The molecule has 2 fully saturated rings. The van der Waals surface area contributed by atoms with Crippen molar-refractivity contribution in [2.75, 3.05) is 26.4 Å². The first kappa shape index (κ1) is 20.7. The minimum Gasteiger partial charge on any atom is -0.490 e. The number of hydrogen-bond donors (Lipinski definition) is 0. The van der Waals surface area contributed by atoms with Crippen molar-refractivity contribution in [3.63, 3.8) is 0 Å². The smallest absolute Gasteiger partial charge is 0.135 e. The lowest BCUT2D eigenvalue weighted by molar-refractivity contribution is 0.261. The van der Waals surface area contributed by atoms with Gasteiger partial charge in [0.1, 0.15) is 48.1 Å². The summed E-state index contributed by atoms with van der Waals surface area (Å²) < 4.78 is 29.3. The number of aryl methyl sites for hydroxylation is 2. The molecule has 2 aromatic carbocycles. The highest BCUT2D eigenvalue weighted by Crippen LogP contribution is 2.38. The molecule has 1 aromatic heterocycles. The Morgan fingerprint density at radius 1 is 0.742 bits per heavy atom. The second-order valence-corrected chi connectivity index (χ2v) is 8.75. The largest absolute Gasteiger partial charge is 0.490 e. The first-order valence-corrected chi connectivity index (χ1v) is 11.8. The summed E-state index contributed by atoms with van der Waals surface area (Å²) in [7, 11) is 0. The van der Waals surface area contributed by atoms with E-state index in [1.165, 1.54) is 11.1 Å². The fourth-order valence-corrected chi connectivity index (χ4v) is 4.00. The average molecular weight is 425 g/mol. The molecule has 2 atom stereocenters. The van der Waals surface area contributed by atoms with Crippen LogP contribution >= 0.6 is 0 Å². The van der Waals surface area contributed by atoms with Crippen molar-refractivity contribution in [3.05, 3.63) is 35.4 Å². The van der Waals surface area contributed by atoms with Gasteiger partial charge in [0.2, 0.25) is 0 Å². The van der Waals surface area contributed by atoms with Crippen LogP contribution in [0.15, 0.2) is 28.7 Å². The predicted octanol–water partition coefficient (Wildman–Crippen LogP) is 5.83. The first-order chi connectivity index (χ1) is 15.2. The van der Waals surface area contributed by atoms with Crippen molar-refractivity contribution in [2.45, 2.75) is 64.6 Å². The lowest BCUT2D eigenvalue weighted by Crippen LogP contribution is -2.06. The summed E-state index contributed by atoms with van der Waals surface area (Å²) in [4.78, 5) is 0. The molecule has 0 bridgehead atoms. The summed E-state index contributed by atoms with van der Waals surface area (Å²) in [6.45, 7) is 7.24. The SMILES string of the molecule is CCCCc1cc2oc3cc(CCCC)c(OCC4CO4)cc3c2cc1OCC1CO1. The van der Waals surface area contributed by atoms with Crippen molar-refractivity contribution in [1.29, 1.82) is 0 Å². The average Bonchev–Trinajstić information content (AvgIpc) is 3.70. The Balaban J connectivity index is 1.54. The molecular formula is C26H32O5. The molecular weight excluding hydrogens is 392 g/mol. The number of hydrogen-bond acceptors (Lipinski definition) is 5. The lowest BCUT2D eigenvalue weighted by atomic mass is 10.0. The van der Waals surface area contributed by atoms with Gasteiger partial charge in [-0.1, -0.05) is 26.7 Å². The lowest BCUT2D eigenvalue weighted by Gasteiger charge is -2.12. The summed E-state index contributed by atoms with van der Waals surface area (Å²) in [5, 5.41) is 2.16. The molecule has 2 unspecified atom stereocenters. The van der Waals surface area contributed by atoms with Gasteiger partial charge in [-0.25, -0.2) is 0 Å². The number of ether oxygens (including phenoxy) is 4. The summed E-state index contributed by atoms with van der Waals surface area (Å²) in [6.07, 6.45) is 7.01. The summed E-state index contributed by atoms with van der Waals surface area (Å²) in [5.41, 5.74) is 4.26. The third-order valence-corrected chi connectivity index (χ3v) is 6.09. The third-order valence-electron chi connectivity index (χ3n) is 6.09. The zero-order chi connectivity index (χ0) is 21.2. The Morgan fingerprint density at radius 3 is 1.58 bits per heavy atom. The van der Waals surface area contributed by atoms with Gasteiger partial charge in [-0.05, 0) is 61.1 Å². The van der Waals surface area contributed by atoms with Crippen molar-refractivity contribution in [2.24, 2.45) is 0 Å².